The summed E-state index contributed by atoms with van der Waals surface area (Å²) in [5.41, 5.74) is -2.71. The van der Waals surface area contributed by atoms with Crippen LogP contribution in [0.25, 0.3) is 0 Å². The first kappa shape index (κ1) is 27.3. The van der Waals surface area contributed by atoms with Crippen molar-refractivity contribution in [1.29, 1.82) is 5.26 Å². The Morgan fingerprint density at radius 3 is 2.37 bits per heavy atom. The molecule has 8 atom stereocenters. The summed E-state index contributed by atoms with van der Waals surface area (Å²) in [6, 6.07) is 2.02. The Hall–Kier alpha value is -2.26. The van der Waals surface area contributed by atoms with Crippen LogP contribution in [0.1, 0.15) is 93.4 Å². The molecule has 2 N–H and O–H groups in total. The van der Waals surface area contributed by atoms with Crippen molar-refractivity contribution in [3.05, 3.63) is 23.3 Å². The zero-order valence-corrected chi connectivity index (χ0v) is 24.2. The second kappa shape index (κ2) is 8.13. The van der Waals surface area contributed by atoms with Gasteiger partial charge < -0.3 is 10.4 Å². The van der Waals surface area contributed by atoms with E-state index >= 15 is 0 Å². The monoisotopic (exact) mass is 520 g/mol. The van der Waals surface area contributed by atoms with E-state index in [0.29, 0.717) is 13.0 Å². The third-order valence-corrected chi connectivity index (χ3v) is 12.3. The van der Waals surface area contributed by atoms with Crippen molar-refractivity contribution in [3.8, 4) is 6.07 Å². The van der Waals surface area contributed by atoms with Crippen LogP contribution in [0.4, 0.5) is 0 Å². The number of nitrogens with zero attached hydrogens (tertiary/aromatic N) is 1. The highest BCUT2D eigenvalue weighted by atomic mass is 16.3. The molecule has 0 saturated heterocycles. The van der Waals surface area contributed by atoms with Gasteiger partial charge in [0.15, 0.2) is 5.78 Å². The largest absolute Gasteiger partial charge is 0.382 e. The van der Waals surface area contributed by atoms with E-state index in [1.807, 2.05) is 26.0 Å². The van der Waals surface area contributed by atoms with E-state index in [-0.39, 0.29) is 45.3 Å². The van der Waals surface area contributed by atoms with Crippen LogP contribution in [0.15, 0.2) is 23.3 Å². The zero-order chi connectivity index (χ0) is 28.1. The second-order valence-electron chi connectivity index (χ2n) is 14.7. The van der Waals surface area contributed by atoms with E-state index in [2.05, 4.69) is 33.0 Å². The topological polar surface area (TPSA) is 107 Å². The van der Waals surface area contributed by atoms with Crippen molar-refractivity contribution in [2.45, 2.75) is 99.0 Å². The number of aliphatic hydroxyl groups is 1. The van der Waals surface area contributed by atoms with Gasteiger partial charge in [-0.05, 0) is 87.0 Å². The van der Waals surface area contributed by atoms with Crippen LogP contribution in [-0.2, 0) is 14.4 Å². The molecule has 5 aliphatic carbocycles. The normalized spacial score (nSPS) is 47.3. The van der Waals surface area contributed by atoms with Crippen LogP contribution >= 0.6 is 0 Å². The Bertz CT molecular complexity index is 1220. The Morgan fingerprint density at radius 1 is 1.08 bits per heavy atom. The van der Waals surface area contributed by atoms with Crippen LogP contribution in [0.2, 0.25) is 0 Å². The molecule has 0 aromatic heterocycles. The van der Waals surface area contributed by atoms with E-state index < -0.39 is 28.1 Å². The number of amides is 1. The predicted molar refractivity (Wildman–Crippen MR) is 144 cm³/mol. The molecule has 0 aliphatic heterocycles. The first-order valence-electron chi connectivity index (χ1n) is 14.5. The van der Waals surface area contributed by atoms with Gasteiger partial charge in [0.2, 0.25) is 11.7 Å². The lowest BCUT2D eigenvalue weighted by Crippen LogP contribution is -2.67. The molecule has 5 rings (SSSR count). The van der Waals surface area contributed by atoms with E-state index in [1.54, 1.807) is 6.08 Å². The van der Waals surface area contributed by atoms with Gasteiger partial charge in [0.05, 0.1) is 11.0 Å². The van der Waals surface area contributed by atoms with Crippen molar-refractivity contribution < 1.29 is 19.5 Å². The molecule has 0 radical (unpaired) electrons. The lowest BCUT2D eigenvalue weighted by Gasteiger charge is -2.68. The molecule has 206 valence electrons. The molecule has 0 heterocycles. The van der Waals surface area contributed by atoms with E-state index in [9.17, 15) is 24.8 Å². The van der Waals surface area contributed by atoms with Gasteiger partial charge in [-0.25, -0.2) is 0 Å². The number of allylic oxidation sites excluding steroid dienone is 3. The van der Waals surface area contributed by atoms with Crippen molar-refractivity contribution in [3.63, 3.8) is 0 Å². The minimum Gasteiger partial charge on any atom is -0.382 e. The minimum absolute atomic E-state index is 0.0217. The maximum atomic E-state index is 14.4. The molecule has 6 nitrogen and oxygen atoms in total. The van der Waals surface area contributed by atoms with Gasteiger partial charge in [0.1, 0.15) is 11.7 Å². The summed E-state index contributed by atoms with van der Waals surface area (Å²) in [7, 11) is 0. The van der Waals surface area contributed by atoms with Gasteiger partial charge in [-0.15, -0.1) is 0 Å². The van der Waals surface area contributed by atoms with Crippen molar-refractivity contribution in [1.82, 2.24) is 5.32 Å². The van der Waals surface area contributed by atoms with Crippen LogP contribution in [-0.4, -0.2) is 34.7 Å². The van der Waals surface area contributed by atoms with Crippen molar-refractivity contribution in [2.75, 3.05) is 6.54 Å². The molecule has 1 amide bonds. The fourth-order valence-electron chi connectivity index (χ4n) is 10.0. The highest BCUT2D eigenvalue weighted by Crippen LogP contribution is 2.74. The quantitative estimate of drug-likeness (QED) is 0.529. The molecule has 0 bridgehead atoms. The average molecular weight is 521 g/mol. The van der Waals surface area contributed by atoms with Gasteiger partial charge >= 0.3 is 0 Å². The van der Waals surface area contributed by atoms with E-state index in [0.717, 1.165) is 44.1 Å². The molecular formula is C32H44N2O4. The number of nitrogens with one attached hydrogen (secondary N) is 1. The highest BCUT2D eigenvalue weighted by molar-refractivity contribution is 6.06. The van der Waals surface area contributed by atoms with Gasteiger partial charge in [-0.2, -0.15) is 5.26 Å². The van der Waals surface area contributed by atoms with E-state index in [1.165, 1.54) is 6.92 Å². The van der Waals surface area contributed by atoms with Gasteiger partial charge in [-0.1, -0.05) is 46.3 Å². The molecule has 38 heavy (non-hydrogen) atoms. The summed E-state index contributed by atoms with van der Waals surface area (Å²) < 4.78 is 0. The molecule has 0 aromatic carbocycles. The fraction of sp³-hybridized carbons (Fsp3) is 0.750. The van der Waals surface area contributed by atoms with E-state index in [4.69, 9.17) is 0 Å². The average Bonchev–Trinajstić information content (AvgIpc) is 2.82. The summed E-state index contributed by atoms with van der Waals surface area (Å²) in [6.07, 6.45) is 9.10. The minimum atomic E-state index is -1.66. The molecule has 3 unspecified atom stereocenters. The Balaban J connectivity index is 1.69. The molecule has 0 spiro atoms. The summed E-state index contributed by atoms with van der Waals surface area (Å²) in [5, 5.41) is 24.3. The number of fused-ring (bicyclic) bond motifs is 7. The lowest BCUT2D eigenvalue weighted by atomic mass is 9.34. The Kier molecular flexibility index (Phi) is 5.84. The SMILES string of the molecule is CCNC(=O)[C@]12CCC(C)(C)CC1C1C(=O)C=C3[C@@]4(C)C=C(C#N)C(=O)[C@@](C)(O)C4CC[C@@]3(C)[C@]1(C)CC2. The number of nitriles is 1. The van der Waals surface area contributed by atoms with Crippen LogP contribution in [0, 0.1) is 56.2 Å². The molecular weight excluding hydrogens is 476 g/mol. The van der Waals surface area contributed by atoms with Crippen LogP contribution in [0.3, 0.4) is 0 Å². The second-order valence-corrected chi connectivity index (χ2v) is 14.7. The number of carbonyl (C=O) groups is 3. The van der Waals surface area contributed by atoms with Crippen molar-refractivity contribution >= 4 is 17.5 Å². The number of hydrogen-bond donors (Lipinski definition) is 2. The fourth-order valence-corrected chi connectivity index (χ4v) is 10.0. The molecule has 3 fully saturated rings. The van der Waals surface area contributed by atoms with Crippen LogP contribution < -0.4 is 5.32 Å². The smallest absolute Gasteiger partial charge is 0.226 e. The number of hydrogen-bond acceptors (Lipinski definition) is 5. The Morgan fingerprint density at radius 2 is 1.74 bits per heavy atom. The third-order valence-electron chi connectivity index (χ3n) is 12.3. The maximum absolute atomic E-state index is 14.4. The van der Waals surface area contributed by atoms with Crippen molar-refractivity contribution in [2.24, 2.45) is 44.8 Å². The predicted octanol–water partition coefficient (Wildman–Crippen LogP) is 5.07. The first-order valence-corrected chi connectivity index (χ1v) is 14.5. The maximum Gasteiger partial charge on any atom is 0.226 e. The first-order chi connectivity index (χ1) is 17.5. The number of rotatable bonds is 2. The number of ketones is 2. The van der Waals surface area contributed by atoms with Gasteiger partial charge in [0, 0.05) is 23.8 Å². The number of carbonyl (C=O) groups excluding carboxylic acids is 3. The summed E-state index contributed by atoms with van der Waals surface area (Å²) in [4.78, 5) is 41.1. The lowest BCUT2D eigenvalue weighted by molar-refractivity contribution is -0.180. The summed E-state index contributed by atoms with van der Waals surface area (Å²) in [6.45, 7) is 15.1. The molecule has 0 aromatic rings. The van der Waals surface area contributed by atoms with Crippen LogP contribution in [0.5, 0.6) is 0 Å². The third kappa shape index (κ3) is 3.23. The molecule has 6 heteroatoms. The molecule has 5 aliphatic rings. The number of Topliss-reactive ketones (excluding diaryl/α,β-unsaturated/α-hetero) is 1. The summed E-state index contributed by atoms with van der Waals surface area (Å²) >= 11 is 0. The zero-order valence-electron chi connectivity index (χ0n) is 24.2. The Labute approximate surface area is 227 Å². The summed E-state index contributed by atoms with van der Waals surface area (Å²) in [5.74, 6) is -1.05. The highest BCUT2D eigenvalue weighted by Gasteiger charge is 2.71. The van der Waals surface area contributed by atoms with Gasteiger partial charge in [0.25, 0.3) is 0 Å². The standard InChI is InChI=1S/C32H44N2O4/c1-8-34-26(37)32-13-11-27(2,3)17-20(32)24-21(35)15-23-28(4)16-19(18-33)25(36)31(7,38)22(28)9-10-29(23,5)30(24,6)12-14-32/h15-16,20,22,24,38H,8-14,17H2,1-7H3,(H,34,37)/t20?,22?,24?,28-,29+,30+,31-,32-/m0/s1. The van der Waals surface area contributed by atoms with Gasteiger partial charge in [-0.3, -0.25) is 14.4 Å². The molecule has 3 saturated carbocycles.